The molecule has 0 unspecified atom stereocenters. The van der Waals surface area contributed by atoms with Gasteiger partial charge in [0, 0.05) is 0 Å². The molecule has 0 aliphatic rings. The second kappa shape index (κ2) is 5.81. The van der Waals surface area contributed by atoms with Gasteiger partial charge in [0.15, 0.2) is 0 Å². The van der Waals surface area contributed by atoms with Crippen LogP contribution in [0.15, 0.2) is 18.2 Å². The molecule has 18 heavy (non-hydrogen) atoms. The van der Waals surface area contributed by atoms with Gasteiger partial charge in [0.1, 0.15) is 0 Å². The number of esters is 1. The molecule has 0 heterocycles. The van der Waals surface area contributed by atoms with Crippen molar-refractivity contribution < 1.29 is 19.1 Å². The number of anilines is 1. The van der Waals surface area contributed by atoms with Crippen LogP contribution in [0, 0.1) is 6.92 Å². The van der Waals surface area contributed by atoms with E-state index in [2.05, 4.69) is 10.1 Å². The van der Waals surface area contributed by atoms with E-state index in [1.54, 1.807) is 19.9 Å². The molecule has 1 rings (SSSR count). The molecule has 0 aliphatic carbocycles. The van der Waals surface area contributed by atoms with Crippen molar-refractivity contribution in [2.24, 2.45) is 5.73 Å². The van der Waals surface area contributed by atoms with Crippen molar-refractivity contribution in [3.05, 3.63) is 29.3 Å². The van der Waals surface area contributed by atoms with Crippen LogP contribution in [0.3, 0.4) is 0 Å². The van der Waals surface area contributed by atoms with Crippen molar-refractivity contribution in [2.45, 2.75) is 13.8 Å². The summed E-state index contributed by atoms with van der Waals surface area (Å²) in [6.45, 7) is 3.47. The highest BCUT2D eigenvalue weighted by Gasteiger charge is 2.17. The monoisotopic (exact) mass is 250 g/mol. The maximum Gasteiger partial charge on any atom is 0.397 e. The Kier molecular flexibility index (Phi) is 4.42. The first-order chi connectivity index (χ1) is 8.45. The minimum atomic E-state index is -1.01. The van der Waals surface area contributed by atoms with E-state index in [4.69, 9.17) is 5.73 Å². The molecule has 0 aliphatic heterocycles. The Labute approximate surface area is 104 Å². The molecule has 0 aromatic heterocycles. The Bertz CT molecular complexity index is 497. The number of ether oxygens (including phenoxy) is 1. The molecule has 0 fully saturated rings. The van der Waals surface area contributed by atoms with Gasteiger partial charge in [-0.25, -0.2) is 4.79 Å². The summed E-state index contributed by atoms with van der Waals surface area (Å²) in [5, 5.41) is 2.29. The first kappa shape index (κ1) is 13.7. The molecular weight excluding hydrogens is 236 g/mol. The number of carbonyl (C=O) groups excluding carboxylic acids is 3. The van der Waals surface area contributed by atoms with Gasteiger partial charge in [0.05, 0.1) is 17.9 Å². The van der Waals surface area contributed by atoms with Crippen molar-refractivity contribution in [2.75, 3.05) is 11.9 Å². The maximum atomic E-state index is 11.4. The van der Waals surface area contributed by atoms with Crippen molar-refractivity contribution >= 4 is 23.5 Å². The second-order valence-corrected chi connectivity index (χ2v) is 3.59. The molecule has 96 valence electrons. The molecule has 3 N–H and O–H groups in total. The highest BCUT2D eigenvalue weighted by atomic mass is 16.5. The lowest BCUT2D eigenvalue weighted by atomic mass is 10.1. The summed E-state index contributed by atoms with van der Waals surface area (Å²) in [5.74, 6) is -2.63. The number of primary amides is 1. The van der Waals surface area contributed by atoms with E-state index in [-0.39, 0.29) is 17.9 Å². The van der Waals surface area contributed by atoms with Crippen molar-refractivity contribution in [1.82, 2.24) is 0 Å². The van der Waals surface area contributed by atoms with E-state index >= 15 is 0 Å². The molecular formula is C12H14N2O4. The highest BCUT2D eigenvalue weighted by molar-refractivity contribution is 6.37. The first-order valence-corrected chi connectivity index (χ1v) is 5.34. The fraction of sp³-hybridized carbons (Fsp3) is 0.250. The standard InChI is InChI=1S/C12H14N2O4/c1-3-18-12(17)11(16)14-9-5-4-7(2)6-8(9)10(13)15/h4-6H,3H2,1-2H3,(H2,13,15)(H,14,16). The average Bonchev–Trinajstić information content (AvgIpc) is 2.31. The smallest absolute Gasteiger partial charge is 0.397 e. The van der Waals surface area contributed by atoms with Gasteiger partial charge in [-0.3, -0.25) is 9.59 Å². The summed E-state index contributed by atoms with van der Waals surface area (Å²) in [6, 6.07) is 4.73. The van der Waals surface area contributed by atoms with E-state index in [0.29, 0.717) is 0 Å². The summed E-state index contributed by atoms with van der Waals surface area (Å²) >= 11 is 0. The van der Waals surface area contributed by atoms with E-state index in [1.807, 2.05) is 0 Å². The Morgan fingerprint density at radius 2 is 2.00 bits per heavy atom. The molecule has 6 nitrogen and oxygen atoms in total. The summed E-state index contributed by atoms with van der Waals surface area (Å²) in [6.07, 6.45) is 0. The van der Waals surface area contributed by atoms with Crippen LogP contribution in [-0.4, -0.2) is 24.4 Å². The lowest BCUT2D eigenvalue weighted by Gasteiger charge is -2.09. The quantitative estimate of drug-likeness (QED) is 0.606. The van der Waals surface area contributed by atoms with Crippen LogP contribution in [0.25, 0.3) is 0 Å². The van der Waals surface area contributed by atoms with E-state index in [1.165, 1.54) is 12.1 Å². The van der Waals surface area contributed by atoms with Crippen LogP contribution in [-0.2, 0) is 14.3 Å². The summed E-state index contributed by atoms with van der Waals surface area (Å²) < 4.78 is 4.53. The molecule has 0 spiro atoms. The van der Waals surface area contributed by atoms with Crippen molar-refractivity contribution in [3.8, 4) is 0 Å². The van der Waals surface area contributed by atoms with Gasteiger partial charge in [0.25, 0.3) is 5.91 Å². The Hall–Kier alpha value is -2.37. The molecule has 2 amide bonds. The van der Waals surface area contributed by atoms with Crippen LogP contribution in [0.4, 0.5) is 5.69 Å². The molecule has 0 saturated carbocycles. The molecule has 1 aromatic rings. The predicted octanol–water partition coefficient (Wildman–Crippen LogP) is 0.596. The van der Waals surface area contributed by atoms with E-state index in [9.17, 15) is 14.4 Å². The van der Waals surface area contributed by atoms with Gasteiger partial charge in [-0.2, -0.15) is 0 Å². The van der Waals surface area contributed by atoms with Gasteiger partial charge in [0.2, 0.25) is 0 Å². The molecule has 1 aromatic carbocycles. The van der Waals surface area contributed by atoms with Gasteiger partial charge >= 0.3 is 11.9 Å². The minimum Gasteiger partial charge on any atom is -0.459 e. The van der Waals surface area contributed by atoms with Crippen LogP contribution < -0.4 is 11.1 Å². The number of aryl methyl sites for hydroxylation is 1. The second-order valence-electron chi connectivity index (χ2n) is 3.59. The third-order valence-electron chi connectivity index (χ3n) is 2.15. The fourth-order valence-electron chi connectivity index (χ4n) is 1.34. The number of hydrogen-bond acceptors (Lipinski definition) is 4. The van der Waals surface area contributed by atoms with Crippen molar-refractivity contribution in [1.29, 1.82) is 0 Å². The average molecular weight is 250 g/mol. The molecule has 6 heteroatoms. The van der Waals surface area contributed by atoms with Gasteiger partial charge < -0.3 is 15.8 Å². The first-order valence-electron chi connectivity index (χ1n) is 5.34. The van der Waals surface area contributed by atoms with Gasteiger partial charge in [-0.15, -0.1) is 0 Å². The molecule has 0 radical (unpaired) electrons. The van der Waals surface area contributed by atoms with Gasteiger partial charge in [-0.1, -0.05) is 11.6 Å². The number of nitrogens with one attached hydrogen (secondary N) is 1. The topological polar surface area (TPSA) is 98.5 Å². The number of amides is 2. The number of hydrogen-bond donors (Lipinski definition) is 2. The Morgan fingerprint density at radius 3 is 2.56 bits per heavy atom. The van der Waals surface area contributed by atoms with Crippen molar-refractivity contribution in [3.63, 3.8) is 0 Å². The van der Waals surface area contributed by atoms with Crippen LogP contribution >= 0.6 is 0 Å². The minimum absolute atomic E-state index is 0.100. The van der Waals surface area contributed by atoms with Gasteiger partial charge in [-0.05, 0) is 26.0 Å². The largest absolute Gasteiger partial charge is 0.459 e. The lowest BCUT2D eigenvalue weighted by molar-refractivity contribution is -0.152. The normalized spacial score (nSPS) is 9.67. The van der Waals surface area contributed by atoms with Crippen LogP contribution in [0.1, 0.15) is 22.8 Å². The van der Waals surface area contributed by atoms with E-state index < -0.39 is 17.8 Å². The molecule has 0 saturated heterocycles. The number of nitrogens with two attached hydrogens (primary N) is 1. The SMILES string of the molecule is CCOC(=O)C(=O)Nc1ccc(C)cc1C(N)=O. The zero-order valence-corrected chi connectivity index (χ0v) is 10.1. The third kappa shape index (κ3) is 3.31. The Balaban J connectivity index is 2.94. The third-order valence-corrected chi connectivity index (χ3v) is 2.15. The summed E-state index contributed by atoms with van der Waals surface area (Å²) in [4.78, 5) is 33.8. The lowest BCUT2D eigenvalue weighted by Crippen LogP contribution is -2.26. The van der Waals surface area contributed by atoms with Crippen LogP contribution in [0.5, 0.6) is 0 Å². The van der Waals surface area contributed by atoms with E-state index in [0.717, 1.165) is 5.56 Å². The number of rotatable bonds is 3. The molecule has 0 bridgehead atoms. The summed E-state index contributed by atoms with van der Waals surface area (Å²) in [5.41, 5.74) is 6.34. The molecule has 0 atom stereocenters. The van der Waals surface area contributed by atoms with Crippen LogP contribution in [0.2, 0.25) is 0 Å². The predicted molar refractivity (Wildman–Crippen MR) is 65.0 cm³/mol. The number of benzene rings is 1. The fourth-order valence-corrected chi connectivity index (χ4v) is 1.34. The Morgan fingerprint density at radius 1 is 1.33 bits per heavy atom. The maximum absolute atomic E-state index is 11.4. The zero-order chi connectivity index (χ0) is 13.7. The number of carbonyl (C=O) groups is 3. The summed E-state index contributed by atoms with van der Waals surface area (Å²) in [7, 11) is 0. The highest BCUT2D eigenvalue weighted by Crippen LogP contribution is 2.16. The zero-order valence-electron chi connectivity index (χ0n) is 10.1.